The van der Waals surface area contributed by atoms with E-state index >= 15 is 4.39 Å². The summed E-state index contributed by atoms with van der Waals surface area (Å²) < 4.78 is 28.5. The Labute approximate surface area is 316 Å². The zero-order valence-corrected chi connectivity index (χ0v) is 32.2. The molecule has 3 N–H and O–H groups in total. The molecule has 10 heteroatoms. The van der Waals surface area contributed by atoms with Gasteiger partial charge in [-0.05, 0) is 71.1 Å². The molecule has 0 atom stereocenters. The molecule has 7 rings (SSSR count). The number of hydrogen-bond donors (Lipinski definition) is 3. The minimum Gasteiger partial charge on any atom is -0.403 e. The Balaban J connectivity index is 1.38. The van der Waals surface area contributed by atoms with Crippen LogP contribution in [-0.4, -0.2) is 47.5 Å². The Kier molecular flexibility index (Phi) is 10.2. The van der Waals surface area contributed by atoms with E-state index in [1.54, 1.807) is 19.9 Å². The van der Waals surface area contributed by atoms with Crippen LogP contribution in [0.5, 0.6) is 0 Å². The number of aromatic amines is 1. The van der Waals surface area contributed by atoms with Gasteiger partial charge >= 0.3 is 0 Å². The maximum atomic E-state index is 15.5. The second-order valence-corrected chi connectivity index (χ2v) is 19.5. The Bertz CT molecular complexity index is 2290. The van der Waals surface area contributed by atoms with Gasteiger partial charge in [-0.3, -0.25) is 4.79 Å². The second-order valence-electron chi connectivity index (χ2n) is 15.2. The number of halogens is 1. The summed E-state index contributed by atoms with van der Waals surface area (Å²) in [6, 6.07) is 32.6. The van der Waals surface area contributed by atoms with E-state index in [-0.39, 0.29) is 17.2 Å². The number of aromatic nitrogens is 3. The molecule has 1 amide bonds. The predicted octanol–water partition coefficient (Wildman–Crippen LogP) is 8.12. The van der Waals surface area contributed by atoms with E-state index < -0.39 is 25.6 Å². The number of aliphatic hydroxyl groups is 1. The van der Waals surface area contributed by atoms with Crippen molar-refractivity contribution in [2.75, 3.05) is 18.5 Å². The summed E-state index contributed by atoms with van der Waals surface area (Å²) in [4.78, 5) is 26.8. The topological polar surface area (TPSA) is 109 Å². The first kappa shape index (κ1) is 37.1. The highest BCUT2D eigenvalue weighted by atomic mass is 28.4. The van der Waals surface area contributed by atoms with Gasteiger partial charge in [-0.1, -0.05) is 106 Å². The van der Waals surface area contributed by atoms with Gasteiger partial charge in [-0.25, -0.2) is 14.4 Å². The molecule has 0 unspecified atom stereocenters. The largest absolute Gasteiger partial charge is 0.403 e. The van der Waals surface area contributed by atoms with Crippen LogP contribution in [0.2, 0.25) is 5.04 Å². The number of nitrogens with zero attached hydrogens (tertiary/aromatic N) is 2. The Morgan fingerprint density at radius 2 is 1.63 bits per heavy atom. The zero-order valence-electron chi connectivity index (χ0n) is 31.2. The molecule has 0 fully saturated rings. The van der Waals surface area contributed by atoms with Crippen LogP contribution in [0, 0.1) is 5.82 Å². The fourth-order valence-corrected chi connectivity index (χ4v) is 11.9. The monoisotopic (exact) mass is 740 g/mol. The number of H-pyrrole nitrogens is 1. The smallest absolute Gasteiger partial charge is 0.261 e. The number of carbonyl (C=O) groups excluding carboxylic acids is 1. The SMILES string of the molecule is CC(C)(O)c1ccc(C(=O)Nc2cccc(-c3ncnc4[nH]c(C5=CCOCC5)cc34)c2CO[Si](c2ccccc2)(c2ccccc2)C(C)(C)C)c(F)c1. The van der Waals surface area contributed by atoms with Gasteiger partial charge in [0.2, 0.25) is 0 Å². The van der Waals surface area contributed by atoms with Crippen LogP contribution in [0.3, 0.4) is 0 Å². The highest BCUT2D eigenvalue weighted by Crippen LogP contribution is 2.40. The molecular weight excluding hydrogens is 696 g/mol. The van der Waals surface area contributed by atoms with E-state index in [2.05, 4.69) is 72.5 Å². The second kappa shape index (κ2) is 14.9. The quantitative estimate of drug-likeness (QED) is 0.123. The number of nitrogens with one attached hydrogen (secondary N) is 2. The highest BCUT2D eigenvalue weighted by molar-refractivity contribution is 6.99. The number of rotatable bonds is 10. The molecule has 0 spiro atoms. The lowest BCUT2D eigenvalue weighted by Crippen LogP contribution is -2.66. The van der Waals surface area contributed by atoms with E-state index in [0.717, 1.165) is 39.0 Å². The van der Waals surface area contributed by atoms with Crippen molar-refractivity contribution in [3.05, 3.63) is 144 Å². The Hall–Kier alpha value is -5.26. The van der Waals surface area contributed by atoms with Gasteiger partial charge in [-0.15, -0.1) is 0 Å². The lowest BCUT2D eigenvalue weighted by Gasteiger charge is -2.43. The minimum atomic E-state index is -3.04. The van der Waals surface area contributed by atoms with Gasteiger partial charge in [0.25, 0.3) is 14.2 Å². The molecule has 8 nitrogen and oxygen atoms in total. The van der Waals surface area contributed by atoms with Gasteiger partial charge in [0.15, 0.2) is 0 Å². The van der Waals surface area contributed by atoms with Crippen molar-refractivity contribution in [2.24, 2.45) is 0 Å². The molecule has 1 aliphatic heterocycles. The van der Waals surface area contributed by atoms with E-state index in [1.807, 2.05) is 54.6 Å². The van der Waals surface area contributed by atoms with E-state index in [1.165, 1.54) is 18.5 Å². The van der Waals surface area contributed by atoms with Crippen molar-refractivity contribution < 1.29 is 23.5 Å². The van der Waals surface area contributed by atoms with Crippen LogP contribution >= 0.6 is 0 Å². The molecule has 0 radical (unpaired) electrons. The fraction of sp³-hybridized carbons (Fsp3) is 0.250. The number of fused-ring (bicyclic) bond motifs is 1. The van der Waals surface area contributed by atoms with E-state index in [0.29, 0.717) is 41.4 Å². The Morgan fingerprint density at radius 3 is 2.24 bits per heavy atom. The molecular formula is C44H45FN4O4Si. The molecule has 54 heavy (non-hydrogen) atoms. The van der Waals surface area contributed by atoms with Gasteiger partial charge in [0, 0.05) is 27.9 Å². The third-order valence-corrected chi connectivity index (χ3v) is 15.2. The van der Waals surface area contributed by atoms with Crippen molar-refractivity contribution in [2.45, 2.75) is 58.3 Å². The van der Waals surface area contributed by atoms with Crippen LogP contribution in [0.4, 0.5) is 10.1 Å². The summed E-state index contributed by atoms with van der Waals surface area (Å²) in [5, 5.41) is 16.2. The number of benzene rings is 4. The predicted molar refractivity (Wildman–Crippen MR) is 215 cm³/mol. The number of amides is 1. The average Bonchev–Trinajstić information content (AvgIpc) is 3.61. The van der Waals surface area contributed by atoms with Crippen LogP contribution in [-0.2, 0) is 21.4 Å². The molecule has 4 aromatic carbocycles. The minimum absolute atomic E-state index is 0.116. The maximum Gasteiger partial charge on any atom is 0.261 e. The lowest BCUT2D eigenvalue weighted by atomic mass is 9.96. The summed E-state index contributed by atoms with van der Waals surface area (Å²) in [6.07, 6.45) is 4.39. The molecule has 0 bridgehead atoms. The van der Waals surface area contributed by atoms with E-state index in [4.69, 9.17) is 14.1 Å². The summed E-state index contributed by atoms with van der Waals surface area (Å²) in [6.45, 7) is 11.1. The zero-order chi connectivity index (χ0) is 38.1. The van der Waals surface area contributed by atoms with Crippen LogP contribution in [0.25, 0.3) is 27.9 Å². The van der Waals surface area contributed by atoms with E-state index in [9.17, 15) is 9.90 Å². The van der Waals surface area contributed by atoms with Crippen molar-refractivity contribution in [3.63, 3.8) is 0 Å². The number of anilines is 1. The standard InChI is InChI=1S/C44H45FN4O4Si/c1-43(2,3)54(31-13-8-6-9-14-31,32-15-10-7-11-16-32)53-27-36-33(40-35-26-39(29-21-23-52-24-22-29)48-41(35)47-28-46-40)17-12-18-38(36)49-42(50)34-20-19-30(25-37(34)45)44(4,5)51/h6-21,25-26,28,51H,22-24,27H2,1-5H3,(H,49,50)(H,46,47,48). The maximum absolute atomic E-state index is 15.5. The first-order valence-corrected chi connectivity index (χ1v) is 20.1. The van der Waals surface area contributed by atoms with Crippen molar-refractivity contribution in [3.8, 4) is 11.3 Å². The molecule has 1 aliphatic rings. The molecule has 2 aromatic heterocycles. The highest BCUT2D eigenvalue weighted by Gasteiger charge is 2.50. The Morgan fingerprint density at radius 1 is 0.926 bits per heavy atom. The number of hydrogen-bond acceptors (Lipinski definition) is 6. The third-order valence-electron chi connectivity index (χ3n) is 10.2. The molecule has 276 valence electrons. The first-order chi connectivity index (χ1) is 25.9. The molecule has 0 aliphatic carbocycles. The third kappa shape index (κ3) is 7.17. The number of carbonyl (C=O) groups is 1. The summed E-state index contributed by atoms with van der Waals surface area (Å²) >= 11 is 0. The lowest BCUT2D eigenvalue weighted by molar-refractivity contribution is 0.0780. The summed E-state index contributed by atoms with van der Waals surface area (Å²) in [7, 11) is -3.04. The van der Waals surface area contributed by atoms with Crippen molar-refractivity contribution in [1.29, 1.82) is 0 Å². The first-order valence-electron chi connectivity index (χ1n) is 18.2. The number of ether oxygens (including phenoxy) is 1. The van der Waals surface area contributed by atoms with Crippen molar-refractivity contribution >= 4 is 46.9 Å². The van der Waals surface area contributed by atoms with Gasteiger partial charge in [0.1, 0.15) is 17.8 Å². The molecule has 0 saturated carbocycles. The normalized spacial score (nSPS) is 13.9. The van der Waals surface area contributed by atoms with Crippen LogP contribution in [0.1, 0.15) is 68.2 Å². The molecule has 0 saturated heterocycles. The summed E-state index contributed by atoms with van der Waals surface area (Å²) in [5.74, 6) is -1.35. The van der Waals surface area contributed by atoms with Gasteiger partial charge in [0.05, 0.1) is 36.7 Å². The average molecular weight is 741 g/mol. The van der Waals surface area contributed by atoms with Gasteiger partial charge in [-0.2, -0.15) is 0 Å². The molecule has 3 heterocycles. The summed E-state index contributed by atoms with van der Waals surface area (Å²) in [5.41, 5.74) is 4.34. The van der Waals surface area contributed by atoms with Crippen LogP contribution < -0.4 is 15.7 Å². The fourth-order valence-electron chi connectivity index (χ4n) is 7.39. The van der Waals surface area contributed by atoms with Crippen LogP contribution in [0.15, 0.2) is 116 Å². The van der Waals surface area contributed by atoms with Crippen molar-refractivity contribution in [1.82, 2.24) is 15.0 Å². The van der Waals surface area contributed by atoms with Gasteiger partial charge < -0.3 is 24.6 Å². The molecule has 6 aromatic rings.